The van der Waals surface area contributed by atoms with Crippen molar-refractivity contribution in [3.8, 4) is 0 Å². The van der Waals surface area contributed by atoms with Gasteiger partial charge in [0.15, 0.2) is 0 Å². The van der Waals surface area contributed by atoms with Crippen molar-refractivity contribution in [1.29, 1.82) is 0 Å². The van der Waals surface area contributed by atoms with Crippen LogP contribution < -0.4 is 5.32 Å². The molecule has 1 aromatic heterocycles. The van der Waals surface area contributed by atoms with Crippen LogP contribution in [0.3, 0.4) is 0 Å². The van der Waals surface area contributed by atoms with Gasteiger partial charge in [0.1, 0.15) is 0 Å². The number of aryl methyl sites for hydroxylation is 1. The molecule has 3 nitrogen and oxygen atoms in total. The van der Waals surface area contributed by atoms with Crippen LogP contribution in [0.25, 0.3) is 0 Å². The van der Waals surface area contributed by atoms with Crippen LogP contribution in [0.1, 0.15) is 19.0 Å². The Labute approximate surface area is 88.5 Å². The number of alkyl halides is 2. The number of nitrogens with zero attached hydrogens (tertiary/aromatic N) is 2. The van der Waals surface area contributed by atoms with Crippen molar-refractivity contribution in [2.75, 3.05) is 6.54 Å². The average molecular weight is 217 g/mol. The molecule has 0 saturated carbocycles. The molecule has 1 rings (SSSR count). The van der Waals surface area contributed by atoms with Crippen molar-refractivity contribution in [2.24, 2.45) is 7.05 Å². The van der Waals surface area contributed by atoms with Crippen LogP contribution in [0.5, 0.6) is 0 Å². The minimum atomic E-state index is -2.35. The summed E-state index contributed by atoms with van der Waals surface area (Å²) in [5, 5.41) is 6.91. The lowest BCUT2D eigenvalue weighted by atomic mass is 10.1. The van der Waals surface area contributed by atoms with E-state index in [2.05, 4.69) is 10.4 Å². The molecule has 0 radical (unpaired) electrons. The molecular weight excluding hydrogens is 200 g/mol. The van der Waals surface area contributed by atoms with Crippen molar-refractivity contribution in [1.82, 2.24) is 15.1 Å². The SMILES string of the molecule is CCCNC(Cc1ccn(C)n1)C(F)F. The van der Waals surface area contributed by atoms with Gasteiger partial charge in [0.2, 0.25) is 0 Å². The molecule has 5 heteroatoms. The maximum atomic E-state index is 12.6. The Morgan fingerprint density at radius 3 is 2.73 bits per heavy atom. The number of halogens is 2. The van der Waals surface area contributed by atoms with Gasteiger partial charge in [-0.1, -0.05) is 6.92 Å². The minimum Gasteiger partial charge on any atom is -0.309 e. The second kappa shape index (κ2) is 5.80. The predicted molar refractivity (Wildman–Crippen MR) is 55.0 cm³/mol. The van der Waals surface area contributed by atoms with E-state index in [1.165, 1.54) is 0 Å². The van der Waals surface area contributed by atoms with Crippen molar-refractivity contribution < 1.29 is 8.78 Å². The molecule has 0 aliphatic rings. The molecule has 0 amide bonds. The van der Waals surface area contributed by atoms with E-state index in [1.54, 1.807) is 24.0 Å². The summed E-state index contributed by atoms with van der Waals surface area (Å²) >= 11 is 0. The Kier molecular flexibility index (Phi) is 4.68. The van der Waals surface area contributed by atoms with Gasteiger partial charge >= 0.3 is 0 Å². The summed E-state index contributed by atoms with van der Waals surface area (Å²) in [5.74, 6) is 0. The molecule has 0 fully saturated rings. The molecule has 0 aromatic carbocycles. The molecule has 0 aliphatic heterocycles. The van der Waals surface area contributed by atoms with E-state index in [1.807, 2.05) is 6.92 Å². The number of nitrogens with one attached hydrogen (secondary N) is 1. The molecule has 86 valence electrons. The van der Waals surface area contributed by atoms with Crippen LogP contribution in [-0.4, -0.2) is 28.8 Å². The van der Waals surface area contributed by atoms with Crippen LogP contribution in [0.2, 0.25) is 0 Å². The van der Waals surface area contributed by atoms with Gasteiger partial charge in [0, 0.05) is 19.7 Å². The van der Waals surface area contributed by atoms with Gasteiger partial charge in [-0.3, -0.25) is 4.68 Å². The highest BCUT2D eigenvalue weighted by Crippen LogP contribution is 2.07. The van der Waals surface area contributed by atoms with E-state index in [0.717, 1.165) is 6.42 Å². The monoisotopic (exact) mass is 217 g/mol. The molecular formula is C10H17F2N3. The van der Waals surface area contributed by atoms with E-state index < -0.39 is 12.5 Å². The zero-order valence-corrected chi connectivity index (χ0v) is 9.08. The van der Waals surface area contributed by atoms with E-state index in [-0.39, 0.29) is 6.42 Å². The topological polar surface area (TPSA) is 29.9 Å². The third-order valence-electron chi connectivity index (χ3n) is 2.16. The normalized spacial score (nSPS) is 13.4. The van der Waals surface area contributed by atoms with Crippen LogP contribution in [0.15, 0.2) is 12.3 Å². The third kappa shape index (κ3) is 3.95. The van der Waals surface area contributed by atoms with Gasteiger partial charge < -0.3 is 5.32 Å². The lowest BCUT2D eigenvalue weighted by Gasteiger charge is -2.16. The maximum Gasteiger partial charge on any atom is 0.254 e. The average Bonchev–Trinajstić information content (AvgIpc) is 2.58. The quantitative estimate of drug-likeness (QED) is 0.784. The molecule has 1 N–H and O–H groups in total. The van der Waals surface area contributed by atoms with Gasteiger partial charge in [0.05, 0.1) is 11.7 Å². The predicted octanol–water partition coefficient (Wildman–Crippen LogP) is 1.60. The Morgan fingerprint density at radius 1 is 1.53 bits per heavy atom. The summed E-state index contributed by atoms with van der Waals surface area (Å²) in [6, 6.07) is 0.975. The van der Waals surface area contributed by atoms with E-state index >= 15 is 0 Å². The van der Waals surface area contributed by atoms with Crippen molar-refractivity contribution >= 4 is 0 Å². The fourth-order valence-corrected chi connectivity index (χ4v) is 1.38. The van der Waals surface area contributed by atoms with Gasteiger partial charge in [-0.25, -0.2) is 8.78 Å². The minimum absolute atomic E-state index is 0.276. The lowest BCUT2D eigenvalue weighted by Crippen LogP contribution is -2.38. The highest BCUT2D eigenvalue weighted by Gasteiger charge is 2.20. The molecule has 1 unspecified atom stereocenters. The highest BCUT2D eigenvalue weighted by molar-refractivity contribution is 5.01. The smallest absolute Gasteiger partial charge is 0.254 e. The van der Waals surface area contributed by atoms with E-state index in [4.69, 9.17) is 0 Å². The zero-order chi connectivity index (χ0) is 11.3. The number of hydrogen-bond donors (Lipinski definition) is 1. The molecule has 0 saturated heterocycles. The molecule has 1 aromatic rings. The Bertz CT molecular complexity index is 286. The first kappa shape index (κ1) is 12.1. The first-order valence-corrected chi connectivity index (χ1v) is 5.13. The van der Waals surface area contributed by atoms with Gasteiger partial charge in [-0.05, 0) is 19.0 Å². The summed E-state index contributed by atoms with van der Waals surface area (Å²) < 4.78 is 26.9. The Morgan fingerprint density at radius 2 is 2.27 bits per heavy atom. The fraction of sp³-hybridized carbons (Fsp3) is 0.700. The summed E-state index contributed by atoms with van der Waals surface area (Å²) in [6.45, 7) is 2.57. The second-order valence-electron chi connectivity index (χ2n) is 3.58. The third-order valence-corrected chi connectivity index (χ3v) is 2.16. The van der Waals surface area contributed by atoms with Crippen LogP contribution >= 0.6 is 0 Å². The molecule has 15 heavy (non-hydrogen) atoms. The molecule has 1 atom stereocenters. The van der Waals surface area contributed by atoms with Gasteiger partial charge in [-0.2, -0.15) is 5.10 Å². The van der Waals surface area contributed by atoms with Gasteiger partial charge in [0.25, 0.3) is 6.43 Å². The summed E-state index contributed by atoms with van der Waals surface area (Å²) in [7, 11) is 1.78. The van der Waals surface area contributed by atoms with Crippen molar-refractivity contribution in [2.45, 2.75) is 32.2 Å². The van der Waals surface area contributed by atoms with Gasteiger partial charge in [-0.15, -0.1) is 0 Å². The number of aromatic nitrogens is 2. The number of rotatable bonds is 6. The summed E-state index contributed by atoms with van der Waals surface area (Å²) in [4.78, 5) is 0. The van der Waals surface area contributed by atoms with Crippen LogP contribution in [-0.2, 0) is 13.5 Å². The standard InChI is InChI=1S/C10H17F2N3/c1-3-5-13-9(10(11)12)7-8-4-6-15(2)14-8/h4,6,9-10,13H,3,5,7H2,1-2H3. The Hall–Kier alpha value is -0.970. The highest BCUT2D eigenvalue weighted by atomic mass is 19.3. The maximum absolute atomic E-state index is 12.6. The number of hydrogen-bond acceptors (Lipinski definition) is 2. The molecule has 0 bridgehead atoms. The van der Waals surface area contributed by atoms with Crippen LogP contribution in [0, 0.1) is 0 Å². The first-order chi connectivity index (χ1) is 7.13. The summed E-state index contributed by atoms with van der Waals surface area (Å²) in [6.07, 6.45) is 0.542. The fourth-order valence-electron chi connectivity index (χ4n) is 1.38. The lowest BCUT2D eigenvalue weighted by molar-refractivity contribution is 0.0978. The zero-order valence-electron chi connectivity index (χ0n) is 9.08. The molecule has 0 spiro atoms. The van der Waals surface area contributed by atoms with E-state index in [9.17, 15) is 8.78 Å². The van der Waals surface area contributed by atoms with Crippen molar-refractivity contribution in [3.05, 3.63) is 18.0 Å². The van der Waals surface area contributed by atoms with Crippen molar-refractivity contribution in [3.63, 3.8) is 0 Å². The Balaban J connectivity index is 2.50. The summed E-state index contributed by atoms with van der Waals surface area (Å²) in [5.41, 5.74) is 0.700. The second-order valence-corrected chi connectivity index (χ2v) is 3.58. The molecule has 0 aliphatic carbocycles. The van der Waals surface area contributed by atoms with Crippen LogP contribution in [0.4, 0.5) is 8.78 Å². The first-order valence-electron chi connectivity index (χ1n) is 5.13. The molecule has 1 heterocycles. The van der Waals surface area contributed by atoms with E-state index in [0.29, 0.717) is 12.2 Å². The largest absolute Gasteiger partial charge is 0.309 e.